The van der Waals surface area contributed by atoms with Gasteiger partial charge < -0.3 is 15.5 Å². The maximum absolute atomic E-state index is 12.3. The minimum Gasteiger partial charge on any atom is -0.399 e. The van der Waals surface area contributed by atoms with Crippen molar-refractivity contribution in [3.05, 3.63) is 29.8 Å². The van der Waals surface area contributed by atoms with Crippen LogP contribution in [-0.4, -0.2) is 48.9 Å². The first kappa shape index (κ1) is 21.0. The number of likely N-dealkylation sites (tertiary alicyclic amines) is 1. The third-order valence-corrected chi connectivity index (χ3v) is 4.08. The lowest BCUT2D eigenvalue weighted by molar-refractivity contribution is -0.129. The Balaban J connectivity index is 0.00000220. The van der Waals surface area contributed by atoms with E-state index in [1.165, 1.54) is 0 Å². The molecule has 0 saturated carbocycles. The molecular formula is C16H27Cl2N3O. The minimum atomic E-state index is 0. The number of amides is 1. The Morgan fingerprint density at radius 2 is 1.95 bits per heavy atom. The van der Waals surface area contributed by atoms with Gasteiger partial charge in [-0.1, -0.05) is 19.1 Å². The Bertz CT molecular complexity index is 453. The standard InChI is InChI=1S/C16H25N3O.2ClH/c1-3-18(2)11-14-8-9-19(12-14)16(20)10-13-4-6-15(17)7-5-13;;/h4-7,14H,3,8-12,17H2,1-2H3;2*1H. The topological polar surface area (TPSA) is 49.6 Å². The number of hydrogen-bond donors (Lipinski definition) is 1. The molecule has 0 radical (unpaired) electrons. The van der Waals surface area contributed by atoms with E-state index in [1.807, 2.05) is 29.2 Å². The molecule has 0 spiro atoms. The first-order valence-corrected chi connectivity index (χ1v) is 7.39. The summed E-state index contributed by atoms with van der Waals surface area (Å²) < 4.78 is 0. The van der Waals surface area contributed by atoms with Gasteiger partial charge in [0.25, 0.3) is 0 Å². The second-order valence-electron chi connectivity index (χ2n) is 5.77. The fourth-order valence-corrected chi connectivity index (χ4v) is 2.70. The van der Waals surface area contributed by atoms with Crippen molar-refractivity contribution in [2.75, 3.05) is 39.0 Å². The number of halogens is 2. The van der Waals surface area contributed by atoms with Crippen molar-refractivity contribution >= 4 is 36.4 Å². The third kappa shape index (κ3) is 6.03. The van der Waals surface area contributed by atoms with Gasteiger partial charge in [0.1, 0.15) is 0 Å². The van der Waals surface area contributed by atoms with E-state index in [0.717, 1.165) is 43.9 Å². The lowest BCUT2D eigenvalue weighted by Gasteiger charge is -2.20. The summed E-state index contributed by atoms with van der Waals surface area (Å²) in [6.45, 7) is 6.12. The zero-order chi connectivity index (χ0) is 14.5. The zero-order valence-corrected chi connectivity index (χ0v) is 15.0. The lowest BCUT2D eigenvalue weighted by atomic mass is 10.1. The zero-order valence-electron chi connectivity index (χ0n) is 13.3. The fraction of sp³-hybridized carbons (Fsp3) is 0.562. The SMILES string of the molecule is CCN(C)CC1CCN(C(=O)Cc2ccc(N)cc2)C1.Cl.Cl. The fourth-order valence-electron chi connectivity index (χ4n) is 2.70. The van der Waals surface area contributed by atoms with Crippen molar-refractivity contribution in [3.8, 4) is 0 Å². The predicted octanol–water partition coefficient (Wildman–Crippen LogP) is 2.46. The van der Waals surface area contributed by atoms with E-state index in [4.69, 9.17) is 5.73 Å². The molecule has 1 aliphatic heterocycles. The van der Waals surface area contributed by atoms with Gasteiger partial charge in [0.15, 0.2) is 0 Å². The van der Waals surface area contributed by atoms with Gasteiger partial charge in [0, 0.05) is 25.3 Å². The smallest absolute Gasteiger partial charge is 0.226 e. The first-order valence-electron chi connectivity index (χ1n) is 7.39. The number of hydrogen-bond acceptors (Lipinski definition) is 3. The van der Waals surface area contributed by atoms with Crippen LogP contribution in [0.2, 0.25) is 0 Å². The molecule has 6 heteroatoms. The summed E-state index contributed by atoms with van der Waals surface area (Å²) in [6, 6.07) is 7.58. The summed E-state index contributed by atoms with van der Waals surface area (Å²) in [4.78, 5) is 16.6. The second kappa shape index (κ2) is 9.93. The van der Waals surface area contributed by atoms with Crippen molar-refractivity contribution in [2.45, 2.75) is 19.8 Å². The van der Waals surface area contributed by atoms with Gasteiger partial charge in [0.05, 0.1) is 6.42 Å². The van der Waals surface area contributed by atoms with Crippen LogP contribution < -0.4 is 5.73 Å². The molecule has 0 aliphatic carbocycles. The highest BCUT2D eigenvalue weighted by Crippen LogP contribution is 2.18. The van der Waals surface area contributed by atoms with Crippen LogP contribution in [0.3, 0.4) is 0 Å². The summed E-state index contributed by atoms with van der Waals surface area (Å²) in [7, 11) is 2.14. The number of rotatable bonds is 5. The molecule has 1 fully saturated rings. The number of carbonyl (C=O) groups is 1. The highest BCUT2D eigenvalue weighted by Gasteiger charge is 2.26. The van der Waals surface area contributed by atoms with Crippen molar-refractivity contribution in [3.63, 3.8) is 0 Å². The van der Waals surface area contributed by atoms with Gasteiger partial charge in [0.2, 0.25) is 5.91 Å². The number of benzene rings is 1. The molecule has 4 nitrogen and oxygen atoms in total. The van der Waals surface area contributed by atoms with Crippen molar-refractivity contribution in [1.82, 2.24) is 9.80 Å². The quantitative estimate of drug-likeness (QED) is 0.832. The summed E-state index contributed by atoms with van der Waals surface area (Å²) in [6.07, 6.45) is 1.61. The molecular weight excluding hydrogens is 321 g/mol. The molecule has 22 heavy (non-hydrogen) atoms. The van der Waals surface area contributed by atoms with Gasteiger partial charge in [-0.3, -0.25) is 4.79 Å². The maximum Gasteiger partial charge on any atom is 0.226 e. The van der Waals surface area contributed by atoms with Gasteiger partial charge in [-0.15, -0.1) is 24.8 Å². The Labute approximate surface area is 145 Å². The summed E-state index contributed by atoms with van der Waals surface area (Å²) >= 11 is 0. The molecule has 1 amide bonds. The molecule has 2 N–H and O–H groups in total. The third-order valence-electron chi connectivity index (χ3n) is 4.08. The van der Waals surface area contributed by atoms with E-state index in [0.29, 0.717) is 12.3 Å². The maximum atomic E-state index is 12.3. The number of nitrogens with two attached hydrogens (primary N) is 1. The molecule has 1 unspecified atom stereocenters. The number of carbonyl (C=O) groups excluding carboxylic acids is 1. The largest absolute Gasteiger partial charge is 0.399 e. The lowest BCUT2D eigenvalue weighted by Crippen LogP contribution is -2.32. The average Bonchev–Trinajstić information content (AvgIpc) is 2.89. The predicted molar refractivity (Wildman–Crippen MR) is 96.9 cm³/mol. The molecule has 0 aromatic heterocycles. The van der Waals surface area contributed by atoms with Gasteiger partial charge in [-0.2, -0.15) is 0 Å². The molecule has 1 aliphatic rings. The molecule has 126 valence electrons. The van der Waals surface area contributed by atoms with Gasteiger partial charge >= 0.3 is 0 Å². The summed E-state index contributed by atoms with van der Waals surface area (Å²) in [5, 5.41) is 0. The second-order valence-corrected chi connectivity index (χ2v) is 5.77. The molecule has 1 aromatic rings. The molecule has 0 bridgehead atoms. The van der Waals surface area contributed by atoms with Crippen molar-refractivity contribution in [2.24, 2.45) is 5.92 Å². The van der Waals surface area contributed by atoms with Crippen LogP contribution in [0, 0.1) is 5.92 Å². The van der Waals surface area contributed by atoms with E-state index in [-0.39, 0.29) is 30.7 Å². The van der Waals surface area contributed by atoms with Crippen LogP contribution >= 0.6 is 24.8 Å². The number of nitrogen functional groups attached to an aromatic ring is 1. The highest BCUT2D eigenvalue weighted by molar-refractivity contribution is 5.85. The first-order chi connectivity index (χ1) is 9.58. The van der Waals surface area contributed by atoms with E-state index >= 15 is 0 Å². The molecule has 1 saturated heterocycles. The van der Waals surface area contributed by atoms with E-state index in [2.05, 4.69) is 18.9 Å². The normalized spacial score (nSPS) is 17.0. The molecule has 2 rings (SSSR count). The van der Waals surface area contributed by atoms with Crippen LogP contribution in [0.15, 0.2) is 24.3 Å². The Morgan fingerprint density at radius 3 is 2.55 bits per heavy atom. The monoisotopic (exact) mass is 347 g/mol. The highest BCUT2D eigenvalue weighted by atomic mass is 35.5. The van der Waals surface area contributed by atoms with Crippen molar-refractivity contribution < 1.29 is 4.79 Å². The summed E-state index contributed by atoms with van der Waals surface area (Å²) in [5.41, 5.74) is 7.44. The number of anilines is 1. The Morgan fingerprint density at radius 1 is 1.32 bits per heavy atom. The summed E-state index contributed by atoms with van der Waals surface area (Å²) in [5.74, 6) is 0.853. The van der Waals surface area contributed by atoms with Crippen molar-refractivity contribution in [1.29, 1.82) is 0 Å². The van der Waals surface area contributed by atoms with E-state index in [9.17, 15) is 4.79 Å². The minimum absolute atomic E-state index is 0. The Hall–Kier alpha value is -0.970. The molecule has 1 atom stereocenters. The van der Waals surface area contributed by atoms with Gasteiger partial charge in [-0.25, -0.2) is 0 Å². The van der Waals surface area contributed by atoms with E-state index in [1.54, 1.807) is 0 Å². The van der Waals surface area contributed by atoms with Crippen LogP contribution in [0.5, 0.6) is 0 Å². The Kier molecular flexibility index (Phi) is 9.49. The van der Waals surface area contributed by atoms with Crippen LogP contribution in [-0.2, 0) is 11.2 Å². The van der Waals surface area contributed by atoms with E-state index < -0.39 is 0 Å². The van der Waals surface area contributed by atoms with Crippen LogP contribution in [0.1, 0.15) is 18.9 Å². The molecule has 1 aromatic carbocycles. The van der Waals surface area contributed by atoms with Crippen LogP contribution in [0.25, 0.3) is 0 Å². The van der Waals surface area contributed by atoms with Gasteiger partial charge in [-0.05, 0) is 43.6 Å². The number of nitrogens with zero attached hydrogens (tertiary/aromatic N) is 2. The molecule has 1 heterocycles. The average molecular weight is 348 g/mol. The van der Waals surface area contributed by atoms with Crippen LogP contribution in [0.4, 0.5) is 5.69 Å².